The number of amides is 8. The third-order valence-electron chi connectivity index (χ3n) is 5.06. The number of nitrogens with zero attached hydrogens (tertiary/aromatic N) is 1. The molecule has 1 rings (SSSR count). The smallest absolute Gasteiger partial charge is 0.253 e. The molecule has 0 saturated heterocycles. The highest BCUT2D eigenvalue weighted by Crippen LogP contribution is 2.05. The van der Waals surface area contributed by atoms with Gasteiger partial charge in [-0.15, -0.1) is 0 Å². The third kappa shape index (κ3) is 11.8. The molecule has 0 aromatic carbocycles. The fraction of sp³-hybridized carbons (Fsp3) is 0.545. The van der Waals surface area contributed by atoms with Crippen LogP contribution in [0.2, 0.25) is 0 Å². The van der Waals surface area contributed by atoms with Crippen LogP contribution in [-0.4, -0.2) is 90.4 Å². The van der Waals surface area contributed by atoms with Gasteiger partial charge in [0.2, 0.25) is 35.4 Å². The van der Waals surface area contributed by atoms with Gasteiger partial charge < -0.3 is 32.3 Å². The molecule has 0 bridgehead atoms. The molecule has 0 spiro atoms. The van der Waals surface area contributed by atoms with E-state index < -0.39 is 72.4 Å². The van der Waals surface area contributed by atoms with Gasteiger partial charge in [0.05, 0.1) is 13.1 Å². The number of primary amides is 1. The lowest BCUT2D eigenvalue weighted by Crippen LogP contribution is -2.51. The first-order valence-electron chi connectivity index (χ1n) is 11.7. The van der Waals surface area contributed by atoms with Crippen LogP contribution in [-0.2, 0) is 38.4 Å². The molecule has 1 aliphatic rings. The maximum absolute atomic E-state index is 12.1. The molecule has 7 N–H and O–H groups in total. The van der Waals surface area contributed by atoms with E-state index in [1.807, 2.05) is 0 Å². The fourth-order valence-electron chi connectivity index (χ4n) is 3.02. The van der Waals surface area contributed by atoms with Crippen LogP contribution in [0, 0.1) is 0 Å². The maximum atomic E-state index is 12.1. The second kappa shape index (κ2) is 15.6. The highest BCUT2D eigenvalue weighted by molar-refractivity contribution is 6.12. The average Bonchev–Trinajstić information content (AvgIpc) is 3.16. The second-order valence-corrected chi connectivity index (χ2v) is 8.08. The van der Waals surface area contributed by atoms with Crippen molar-refractivity contribution in [3.05, 3.63) is 12.2 Å². The Kier molecular flexibility index (Phi) is 13.0. The predicted octanol–water partition coefficient (Wildman–Crippen LogP) is -3.68. The molecule has 204 valence electrons. The maximum Gasteiger partial charge on any atom is 0.253 e. The van der Waals surface area contributed by atoms with E-state index >= 15 is 0 Å². The van der Waals surface area contributed by atoms with Crippen molar-refractivity contribution in [3.8, 4) is 0 Å². The topological polar surface area (TPSA) is 226 Å². The first kappa shape index (κ1) is 30.7. The Morgan fingerprint density at radius 3 is 2.05 bits per heavy atom. The molecule has 37 heavy (non-hydrogen) atoms. The Morgan fingerprint density at radius 2 is 1.46 bits per heavy atom. The molecule has 2 unspecified atom stereocenters. The van der Waals surface area contributed by atoms with Gasteiger partial charge in [-0.2, -0.15) is 0 Å². The summed E-state index contributed by atoms with van der Waals surface area (Å²) in [4.78, 5) is 94.7. The predicted molar refractivity (Wildman–Crippen MR) is 128 cm³/mol. The molecule has 0 radical (unpaired) electrons. The van der Waals surface area contributed by atoms with E-state index in [0.717, 1.165) is 17.1 Å². The summed E-state index contributed by atoms with van der Waals surface area (Å²) < 4.78 is 0. The van der Waals surface area contributed by atoms with Crippen molar-refractivity contribution in [2.24, 2.45) is 5.73 Å². The highest BCUT2D eigenvalue weighted by atomic mass is 16.2. The lowest BCUT2D eigenvalue weighted by molar-refractivity contribution is -0.137. The van der Waals surface area contributed by atoms with E-state index in [4.69, 9.17) is 5.73 Å². The summed E-state index contributed by atoms with van der Waals surface area (Å²) in [5, 5.41) is 12.0. The minimum absolute atomic E-state index is 0.0216. The van der Waals surface area contributed by atoms with Gasteiger partial charge in [0.15, 0.2) is 0 Å². The van der Waals surface area contributed by atoms with Gasteiger partial charge in [0, 0.05) is 38.1 Å². The largest absolute Gasteiger partial charge is 0.370 e. The molecule has 0 aromatic rings. The number of carbonyl (C=O) groups is 8. The standard InChI is InChI=1S/C22H33N7O8/c1-3-14(22(37)24-9-8-15(23)30)28-18(33)12-25-17(32)11-26-21(36)13(2)27-16(31)5-4-10-29-19(34)6-7-20(29)35/h6-7,13-14H,3-5,8-12H2,1-2H3,(H2,23,30)(H,24,37)(H,25,32)(H,26,36)(H,27,31)(H,28,33). The van der Waals surface area contributed by atoms with Crippen molar-refractivity contribution in [1.82, 2.24) is 31.5 Å². The van der Waals surface area contributed by atoms with Crippen molar-refractivity contribution < 1.29 is 38.4 Å². The van der Waals surface area contributed by atoms with Crippen molar-refractivity contribution >= 4 is 47.3 Å². The molecule has 0 fully saturated rings. The number of nitrogens with one attached hydrogen (secondary N) is 5. The number of rotatable bonds is 16. The van der Waals surface area contributed by atoms with E-state index in [9.17, 15) is 38.4 Å². The summed E-state index contributed by atoms with van der Waals surface area (Å²) in [5.41, 5.74) is 4.99. The summed E-state index contributed by atoms with van der Waals surface area (Å²) in [6.07, 6.45) is 2.72. The normalized spacial score (nSPS) is 13.9. The van der Waals surface area contributed by atoms with Gasteiger partial charge in [-0.3, -0.25) is 43.3 Å². The van der Waals surface area contributed by atoms with Crippen LogP contribution in [0.4, 0.5) is 0 Å². The molecule has 15 heteroatoms. The van der Waals surface area contributed by atoms with Crippen molar-refractivity contribution in [1.29, 1.82) is 0 Å². The number of imide groups is 1. The van der Waals surface area contributed by atoms with Gasteiger partial charge in [0.1, 0.15) is 12.1 Å². The van der Waals surface area contributed by atoms with Crippen molar-refractivity contribution in [3.63, 3.8) is 0 Å². The zero-order valence-electron chi connectivity index (χ0n) is 20.8. The van der Waals surface area contributed by atoms with E-state index in [2.05, 4.69) is 26.6 Å². The van der Waals surface area contributed by atoms with Gasteiger partial charge >= 0.3 is 0 Å². The SMILES string of the molecule is CCC(NC(=O)CNC(=O)CNC(=O)C(C)NC(=O)CCCN1C(=O)C=CC1=O)C(=O)NCCC(N)=O. The van der Waals surface area contributed by atoms with E-state index in [-0.39, 0.29) is 38.8 Å². The Bertz CT molecular complexity index is 931. The van der Waals surface area contributed by atoms with Crippen LogP contribution in [0.25, 0.3) is 0 Å². The fourth-order valence-corrected chi connectivity index (χ4v) is 3.02. The van der Waals surface area contributed by atoms with Gasteiger partial charge in [-0.25, -0.2) is 0 Å². The molecular weight excluding hydrogens is 490 g/mol. The zero-order valence-corrected chi connectivity index (χ0v) is 20.8. The summed E-state index contributed by atoms with van der Waals surface area (Å²) in [7, 11) is 0. The van der Waals surface area contributed by atoms with Gasteiger partial charge in [0.25, 0.3) is 11.8 Å². The summed E-state index contributed by atoms with van der Waals surface area (Å²) in [6, 6.07) is -1.83. The Labute approximate surface area is 213 Å². The lowest BCUT2D eigenvalue weighted by atomic mass is 10.2. The third-order valence-corrected chi connectivity index (χ3v) is 5.06. The van der Waals surface area contributed by atoms with Crippen LogP contribution in [0.1, 0.15) is 39.5 Å². The van der Waals surface area contributed by atoms with Crippen LogP contribution in [0.15, 0.2) is 12.2 Å². The number of nitrogens with two attached hydrogens (primary N) is 1. The molecule has 0 aliphatic carbocycles. The van der Waals surface area contributed by atoms with E-state index in [1.165, 1.54) is 6.92 Å². The average molecular weight is 524 g/mol. The Balaban J connectivity index is 2.26. The van der Waals surface area contributed by atoms with Crippen molar-refractivity contribution in [2.45, 2.75) is 51.6 Å². The van der Waals surface area contributed by atoms with Crippen molar-refractivity contribution in [2.75, 3.05) is 26.2 Å². The molecule has 1 aliphatic heterocycles. The summed E-state index contributed by atoms with van der Waals surface area (Å²) in [6.45, 7) is 2.29. The first-order valence-corrected chi connectivity index (χ1v) is 11.7. The van der Waals surface area contributed by atoms with Gasteiger partial charge in [-0.1, -0.05) is 6.92 Å². The van der Waals surface area contributed by atoms with Crippen LogP contribution >= 0.6 is 0 Å². The number of hydrogen-bond acceptors (Lipinski definition) is 8. The zero-order chi connectivity index (χ0) is 28.0. The molecule has 2 atom stereocenters. The van der Waals surface area contributed by atoms with E-state index in [1.54, 1.807) is 6.92 Å². The molecule has 8 amide bonds. The van der Waals surface area contributed by atoms with Gasteiger partial charge in [-0.05, 0) is 19.8 Å². The second-order valence-electron chi connectivity index (χ2n) is 8.08. The molecule has 1 heterocycles. The summed E-state index contributed by atoms with van der Waals surface area (Å²) >= 11 is 0. The minimum atomic E-state index is -0.960. The molecule has 0 aromatic heterocycles. The molecule has 0 saturated carbocycles. The number of hydrogen-bond donors (Lipinski definition) is 6. The highest BCUT2D eigenvalue weighted by Gasteiger charge is 2.23. The van der Waals surface area contributed by atoms with E-state index in [0.29, 0.717) is 0 Å². The minimum Gasteiger partial charge on any atom is -0.370 e. The Morgan fingerprint density at radius 1 is 0.838 bits per heavy atom. The lowest BCUT2D eigenvalue weighted by Gasteiger charge is -2.17. The monoisotopic (exact) mass is 523 g/mol. The summed E-state index contributed by atoms with van der Waals surface area (Å²) in [5.74, 6) is -4.38. The van der Waals surface area contributed by atoms with Crippen LogP contribution in [0.3, 0.4) is 0 Å². The number of carbonyl (C=O) groups excluding carboxylic acids is 8. The van der Waals surface area contributed by atoms with Crippen LogP contribution < -0.4 is 32.3 Å². The Hall–Kier alpha value is -4.30. The van der Waals surface area contributed by atoms with Crippen LogP contribution in [0.5, 0.6) is 0 Å². The molecule has 15 nitrogen and oxygen atoms in total. The molecular formula is C22H33N7O8. The first-order chi connectivity index (χ1) is 17.4. The quantitative estimate of drug-likeness (QED) is 0.110.